The summed E-state index contributed by atoms with van der Waals surface area (Å²) in [5.74, 6) is -0.151. The molecule has 0 aliphatic rings. The molecule has 0 bridgehead atoms. The topological polar surface area (TPSA) is 84.2 Å². The number of likely N-dealkylation sites (N-methyl/N-ethyl adjacent to an activating group) is 1. The first-order valence-electron chi connectivity index (χ1n) is 6.04. The van der Waals surface area contributed by atoms with Gasteiger partial charge in [0.15, 0.2) is 5.69 Å². The molecule has 1 aromatic heterocycles. The van der Waals surface area contributed by atoms with Crippen molar-refractivity contribution in [2.45, 2.75) is 13.0 Å². The predicted octanol–water partition coefficient (Wildman–Crippen LogP) is 1.25. The number of H-pyrrole nitrogens is 1. The first kappa shape index (κ1) is 13.4. The van der Waals surface area contributed by atoms with E-state index >= 15 is 0 Å². The van der Waals surface area contributed by atoms with Gasteiger partial charge in [0.05, 0.1) is 18.2 Å². The zero-order valence-corrected chi connectivity index (χ0v) is 11.3. The summed E-state index contributed by atoms with van der Waals surface area (Å²) in [5, 5.41) is 7.66. The van der Waals surface area contributed by atoms with E-state index in [1.165, 1.54) is 0 Å². The molecule has 0 saturated carbocycles. The van der Waals surface area contributed by atoms with Crippen LogP contribution < -0.4 is 5.73 Å². The predicted molar refractivity (Wildman–Crippen MR) is 73.9 cm³/mol. The molecular formula is C13H18N4O2. The summed E-state index contributed by atoms with van der Waals surface area (Å²) in [6.45, 7) is 2.40. The van der Waals surface area contributed by atoms with Gasteiger partial charge in [0, 0.05) is 25.2 Å². The summed E-state index contributed by atoms with van der Waals surface area (Å²) in [5.41, 5.74) is 7.53. The average molecular weight is 262 g/mol. The van der Waals surface area contributed by atoms with E-state index in [0.29, 0.717) is 18.0 Å². The summed E-state index contributed by atoms with van der Waals surface area (Å²) in [4.78, 5) is 14.0. The molecule has 1 unspecified atom stereocenters. The van der Waals surface area contributed by atoms with Gasteiger partial charge in [-0.2, -0.15) is 5.10 Å². The Hall–Kier alpha value is -2.08. The highest BCUT2D eigenvalue weighted by atomic mass is 16.5. The van der Waals surface area contributed by atoms with Crippen LogP contribution in [0.3, 0.4) is 0 Å². The number of nitrogens with two attached hydrogens (primary N) is 1. The van der Waals surface area contributed by atoms with E-state index in [1.54, 1.807) is 31.2 Å². The fraction of sp³-hybridized carbons (Fsp3) is 0.385. The number of hydrogen-bond acceptors (Lipinski definition) is 4. The highest BCUT2D eigenvalue weighted by molar-refractivity contribution is 6.05. The molecule has 1 heterocycles. The van der Waals surface area contributed by atoms with Gasteiger partial charge in [-0.15, -0.1) is 0 Å². The van der Waals surface area contributed by atoms with Crippen LogP contribution >= 0.6 is 0 Å². The Labute approximate surface area is 111 Å². The molecule has 0 aliphatic carbocycles. The van der Waals surface area contributed by atoms with Crippen molar-refractivity contribution in [1.82, 2.24) is 15.1 Å². The Morgan fingerprint density at radius 2 is 2.32 bits per heavy atom. The monoisotopic (exact) mass is 262 g/mol. The quantitative estimate of drug-likeness (QED) is 0.812. The molecule has 3 N–H and O–H groups in total. The third-order valence-electron chi connectivity index (χ3n) is 3.18. The number of anilines is 1. The lowest BCUT2D eigenvalue weighted by molar-refractivity contribution is 0.0630. The van der Waals surface area contributed by atoms with E-state index < -0.39 is 0 Å². The van der Waals surface area contributed by atoms with Gasteiger partial charge < -0.3 is 15.4 Å². The molecule has 2 aromatic rings. The van der Waals surface area contributed by atoms with Gasteiger partial charge >= 0.3 is 0 Å². The van der Waals surface area contributed by atoms with Crippen LogP contribution in [0.15, 0.2) is 18.2 Å². The molecule has 19 heavy (non-hydrogen) atoms. The normalized spacial score (nSPS) is 12.6. The van der Waals surface area contributed by atoms with Gasteiger partial charge in [-0.25, -0.2) is 0 Å². The summed E-state index contributed by atoms with van der Waals surface area (Å²) in [7, 11) is 3.35. The maximum absolute atomic E-state index is 12.4. The van der Waals surface area contributed by atoms with Crippen molar-refractivity contribution in [1.29, 1.82) is 0 Å². The lowest BCUT2D eigenvalue weighted by Gasteiger charge is -2.23. The fourth-order valence-corrected chi connectivity index (χ4v) is 1.91. The smallest absolute Gasteiger partial charge is 0.275 e. The maximum atomic E-state index is 12.4. The van der Waals surface area contributed by atoms with Crippen molar-refractivity contribution in [3.05, 3.63) is 23.9 Å². The molecule has 0 fully saturated rings. The van der Waals surface area contributed by atoms with Crippen molar-refractivity contribution in [2.75, 3.05) is 26.5 Å². The molecule has 102 valence electrons. The Bertz CT molecular complexity index is 593. The van der Waals surface area contributed by atoms with Gasteiger partial charge in [0.1, 0.15) is 0 Å². The van der Waals surface area contributed by atoms with Gasteiger partial charge in [-0.05, 0) is 25.1 Å². The van der Waals surface area contributed by atoms with Gasteiger partial charge in [0.25, 0.3) is 5.91 Å². The number of rotatable bonds is 4. The third kappa shape index (κ3) is 2.53. The second kappa shape index (κ2) is 5.27. The van der Waals surface area contributed by atoms with Gasteiger partial charge in [0.2, 0.25) is 0 Å². The van der Waals surface area contributed by atoms with Crippen molar-refractivity contribution in [3.8, 4) is 0 Å². The SMILES string of the molecule is COCC(C)N(C)C(=O)c1n[nH]c2ccc(N)cc12. The van der Waals surface area contributed by atoms with Crippen LogP contribution in [0.25, 0.3) is 10.9 Å². The molecule has 6 nitrogen and oxygen atoms in total. The minimum absolute atomic E-state index is 0.0229. The van der Waals surface area contributed by atoms with Crippen LogP contribution in [0.1, 0.15) is 17.4 Å². The van der Waals surface area contributed by atoms with Crippen LogP contribution in [0.4, 0.5) is 5.69 Å². The number of hydrogen-bond donors (Lipinski definition) is 2. The molecule has 1 atom stereocenters. The van der Waals surface area contributed by atoms with Crippen LogP contribution in [0, 0.1) is 0 Å². The van der Waals surface area contributed by atoms with E-state index in [9.17, 15) is 4.79 Å². The number of fused-ring (bicyclic) bond motifs is 1. The number of aromatic amines is 1. The molecule has 0 spiro atoms. The number of benzene rings is 1. The van der Waals surface area contributed by atoms with E-state index in [0.717, 1.165) is 10.9 Å². The third-order valence-corrected chi connectivity index (χ3v) is 3.18. The van der Waals surface area contributed by atoms with Crippen LogP contribution in [0.2, 0.25) is 0 Å². The van der Waals surface area contributed by atoms with E-state index in [-0.39, 0.29) is 11.9 Å². The van der Waals surface area contributed by atoms with Gasteiger partial charge in [-0.1, -0.05) is 0 Å². The van der Waals surface area contributed by atoms with Crippen molar-refractivity contribution in [2.24, 2.45) is 0 Å². The lowest BCUT2D eigenvalue weighted by Crippen LogP contribution is -2.38. The number of nitrogen functional groups attached to an aromatic ring is 1. The number of carbonyl (C=O) groups is 1. The molecule has 1 aromatic carbocycles. The van der Waals surface area contributed by atoms with Crippen molar-refractivity contribution >= 4 is 22.5 Å². The standard InChI is InChI=1S/C13H18N4O2/c1-8(7-19-3)17(2)13(18)12-10-6-9(14)4-5-11(10)15-16-12/h4-6,8H,7,14H2,1-3H3,(H,15,16). The number of nitrogens with one attached hydrogen (secondary N) is 1. The van der Waals surface area contributed by atoms with E-state index in [2.05, 4.69) is 10.2 Å². The Kier molecular flexibility index (Phi) is 3.71. The number of ether oxygens (including phenoxy) is 1. The lowest BCUT2D eigenvalue weighted by atomic mass is 10.1. The Morgan fingerprint density at radius 3 is 3.00 bits per heavy atom. The summed E-state index contributed by atoms with van der Waals surface area (Å²) in [6.07, 6.45) is 0. The number of amides is 1. The second-order valence-corrected chi connectivity index (χ2v) is 4.60. The second-order valence-electron chi connectivity index (χ2n) is 4.60. The fourth-order valence-electron chi connectivity index (χ4n) is 1.91. The van der Waals surface area contributed by atoms with Crippen LogP contribution in [-0.4, -0.2) is 47.8 Å². The molecular weight excluding hydrogens is 244 g/mol. The Balaban J connectivity index is 2.33. The summed E-state index contributed by atoms with van der Waals surface area (Å²) in [6, 6.07) is 5.31. The number of carbonyl (C=O) groups excluding carboxylic acids is 1. The highest BCUT2D eigenvalue weighted by Crippen LogP contribution is 2.20. The zero-order chi connectivity index (χ0) is 14.0. The molecule has 6 heteroatoms. The minimum Gasteiger partial charge on any atom is -0.399 e. The van der Waals surface area contributed by atoms with E-state index in [4.69, 9.17) is 10.5 Å². The Morgan fingerprint density at radius 1 is 1.58 bits per heavy atom. The van der Waals surface area contributed by atoms with Crippen molar-refractivity contribution in [3.63, 3.8) is 0 Å². The molecule has 0 radical (unpaired) electrons. The number of nitrogens with zero attached hydrogens (tertiary/aromatic N) is 2. The largest absolute Gasteiger partial charge is 0.399 e. The maximum Gasteiger partial charge on any atom is 0.275 e. The molecule has 1 amide bonds. The van der Waals surface area contributed by atoms with Gasteiger partial charge in [-0.3, -0.25) is 9.89 Å². The summed E-state index contributed by atoms with van der Waals surface area (Å²) >= 11 is 0. The van der Waals surface area contributed by atoms with Crippen LogP contribution in [-0.2, 0) is 4.74 Å². The first-order valence-corrected chi connectivity index (χ1v) is 6.04. The van der Waals surface area contributed by atoms with E-state index in [1.807, 2.05) is 13.0 Å². The molecule has 2 rings (SSSR count). The first-order chi connectivity index (χ1) is 9.04. The number of methoxy groups -OCH3 is 1. The highest BCUT2D eigenvalue weighted by Gasteiger charge is 2.21. The minimum atomic E-state index is -0.151. The number of aromatic nitrogens is 2. The molecule has 0 aliphatic heterocycles. The van der Waals surface area contributed by atoms with Crippen molar-refractivity contribution < 1.29 is 9.53 Å². The zero-order valence-electron chi connectivity index (χ0n) is 11.3. The van der Waals surface area contributed by atoms with Crippen LogP contribution in [0.5, 0.6) is 0 Å². The average Bonchev–Trinajstić information content (AvgIpc) is 2.80. The molecule has 0 saturated heterocycles. The summed E-state index contributed by atoms with van der Waals surface area (Å²) < 4.78 is 5.06.